The van der Waals surface area contributed by atoms with Crippen LogP contribution in [-0.4, -0.2) is 41.7 Å². The van der Waals surface area contributed by atoms with E-state index in [2.05, 4.69) is 0 Å². The van der Waals surface area contributed by atoms with Crippen LogP contribution in [0.4, 0.5) is 0 Å². The van der Waals surface area contributed by atoms with E-state index in [0.29, 0.717) is 12.2 Å². The van der Waals surface area contributed by atoms with E-state index in [9.17, 15) is 9.90 Å². The summed E-state index contributed by atoms with van der Waals surface area (Å²) in [5, 5.41) is 9.28. The molecule has 1 rings (SSSR count). The van der Waals surface area contributed by atoms with Gasteiger partial charge in [-0.25, -0.2) is 0 Å². The number of likely N-dealkylation sites (N-methyl/N-ethyl adjacent to an activating group) is 1. The van der Waals surface area contributed by atoms with Gasteiger partial charge in [0.05, 0.1) is 6.10 Å². The third-order valence-corrected chi connectivity index (χ3v) is 2.98. The zero-order valence-electron chi connectivity index (χ0n) is 12.1. The fourth-order valence-electron chi connectivity index (χ4n) is 1.60. The van der Waals surface area contributed by atoms with Gasteiger partial charge in [-0.3, -0.25) is 4.79 Å². The number of ether oxygens (including phenoxy) is 1. The van der Waals surface area contributed by atoms with Gasteiger partial charge in [0.15, 0.2) is 6.61 Å². The minimum absolute atomic E-state index is 0.0388. The standard InChI is InChI=1S/C15H23NO3/c1-11(2)16(4)15(18)10-19-14-7-5-13(6-8-14)9-12(3)17/h5-8,11-12,17H,9-10H2,1-4H3. The molecule has 1 N–H and O–H groups in total. The molecule has 0 saturated carbocycles. The number of carbonyl (C=O) groups excluding carboxylic acids is 1. The van der Waals surface area contributed by atoms with Crippen molar-refractivity contribution in [2.75, 3.05) is 13.7 Å². The van der Waals surface area contributed by atoms with Gasteiger partial charge in [0.25, 0.3) is 5.91 Å². The topological polar surface area (TPSA) is 49.8 Å². The number of hydrogen-bond acceptors (Lipinski definition) is 3. The summed E-state index contributed by atoms with van der Waals surface area (Å²) >= 11 is 0. The summed E-state index contributed by atoms with van der Waals surface area (Å²) in [6, 6.07) is 7.61. The van der Waals surface area contributed by atoms with Crippen molar-refractivity contribution in [1.82, 2.24) is 4.90 Å². The van der Waals surface area contributed by atoms with Gasteiger partial charge in [0.2, 0.25) is 0 Å². The number of rotatable bonds is 6. The van der Waals surface area contributed by atoms with Crippen LogP contribution in [0, 0.1) is 0 Å². The summed E-state index contributed by atoms with van der Waals surface area (Å²) in [4.78, 5) is 13.4. The van der Waals surface area contributed by atoms with Crippen LogP contribution in [-0.2, 0) is 11.2 Å². The van der Waals surface area contributed by atoms with Gasteiger partial charge < -0.3 is 14.7 Å². The average Bonchev–Trinajstić information content (AvgIpc) is 2.35. The average molecular weight is 265 g/mol. The molecule has 1 atom stereocenters. The fraction of sp³-hybridized carbons (Fsp3) is 0.533. The Morgan fingerprint density at radius 3 is 2.32 bits per heavy atom. The Balaban J connectivity index is 2.48. The molecule has 0 radical (unpaired) electrons. The second-order valence-electron chi connectivity index (χ2n) is 5.08. The highest BCUT2D eigenvalue weighted by atomic mass is 16.5. The highest BCUT2D eigenvalue weighted by molar-refractivity contribution is 5.77. The van der Waals surface area contributed by atoms with Crippen LogP contribution in [0.15, 0.2) is 24.3 Å². The number of amides is 1. The third-order valence-electron chi connectivity index (χ3n) is 2.98. The highest BCUT2D eigenvalue weighted by Crippen LogP contribution is 2.13. The minimum atomic E-state index is -0.354. The predicted molar refractivity (Wildman–Crippen MR) is 75.2 cm³/mol. The van der Waals surface area contributed by atoms with Crippen molar-refractivity contribution in [1.29, 1.82) is 0 Å². The lowest BCUT2D eigenvalue weighted by molar-refractivity contribution is -0.133. The first-order chi connectivity index (χ1) is 8.90. The molecule has 0 saturated heterocycles. The van der Waals surface area contributed by atoms with E-state index in [-0.39, 0.29) is 24.7 Å². The Labute approximate surface area is 115 Å². The van der Waals surface area contributed by atoms with Gasteiger partial charge >= 0.3 is 0 Å². The van der Waals surface area contributed by atoms with Gasteiger partial charge in [0.1, 0.15) is 5.75 Å². The molecular weight excluding hydrogens is 242 g/mol. The van der Waals surface area contributed by atoms with E-state index >= 15 is 0 Å². The summed E-state index contributed by atoms with van der Waals surface area (Å²) < 4.78 is 5.45. The van der Waals surface area contributed by atoms with Crippen LogP contribution in [0.5, 0.6) is 5.75 Å². The maximum absolute atomic E-state index is 11.7. The minimum Gasteiger partial charge on any atom is -0.484 e. The number of aliphatic hydroxyl groups is 1. The molecule has 0 aliphatic rings. The third kappa shape index (κ3) is 5.30. The molecule has 0 spiro atoms. The number of aliphatic hydroxyl groups excluding tert-OH is 1. The van der Waals surface area contributed by atoms with E-state index in [0.717, 1.165) is 5.56 Å². The van der Waals surface area contributed by atoms with Gasteiger partial charge in [0, 0.05) is 13.1 Å². The Bertz CT molecular complexity index is 398. The quantitative estimate of drug-likeness (QED) is 0.854. The number of benzene rings is 1. The number of hydrogen-bond donors (Lipinski definition) is 1. The zero-order chi connectivity index (χ0) is 14.4. The van der Waals surface area contributed by atoms with Crippen LogP contribution < -0.4 is 4.74 Å². The SMILES string of the molecule is CC(O)Cc1ccc(OCC(=O)N(C)C(C)C)cc1. The Morgan fingerprint density at radius 1 is 1.26 bits per heavy atom. The molecule has 0 aliphatic carbocycles. The lowest BCUT2D eigenvalue weighted by Gasteiger charge is -2.21. The smallest absolute Gasteiger partial charge is 0.260 e. The largest absolute Gasteiger partial charge is 0.484 e. The molecule has 4 nitrogen and oxygen atoms in total. The van der Waals surface area contributed by atoms with Crippen LogP contribution >= 0.6 is 0 Å². The molecule has 0 aliphatic heterocycles. The van der Waals surface area contributed by atoms with Crippen molar-refractivity contribution in [3.63, 3.8) is 0 Å². The fourth-order valence-corrected chi connectivity index (χ4v) is 1.60. The van der Waals surface area contributed by atoms with Crippen molar-refractivity contribution in [2.24, 2.45) is 0 Å². The van der Waals surface area contributed by atoms with Crippen molar-refractivity contribution in [2.45, 2.75) is 39.3 Å². The first-order valence-corrected chi connectivity index (χ1v) is 6.55. The second-order valence-corrected chi connectivity index (χ2v) is 5.08. The molecule has 1 aromatic carbocycles. The van der Waals surface area contributed by atoms with Crippen molar-refractivity contribution in [3.05, 3.63) is 29.8 Å². The summed E-state index contributed by atoms with van der Waals surface area (Å²) in [5.41, 5.74) is 1.05. The Hall–Kier alpha value is -1.55. The second kappa shape index (κ2) is 7.14. The molecule has 1 unspecified atom stereocenters. The van der Waals surface area contributed by atoms with Gasteiger partial charge in [-0.1, -0.05) is 12.1 Å². The molecule has 4 heteroatoms. The first-order valence-electron chi connectivity index (χ1n) is 6.55. The summed E-state index contributed by atoms with van der Waals surface area (Å²) in [5.74, 6) is 0.628. The lowest BCUT2D eigenvalue weighted by Crippen LogP contribution is -2.36. The molecule has 0 heterocycles. The summed E-state index contributed by atoms with van der Waals surface area (Å²) in [6.45, 7) is 5.72. The maximum Gasteiger partial charge on any atom is 0.260 e. The monoisotopic (exact) mass is 265 g/mol. The molecule has 0 bridgehead atoms. The van der Waals surface area contributed by atoms with Crippen molar-refractivity contribution >= 4 is 5.91 Å². The number of nitrogens with zero attached hydrogens (tertiary/aromatic N) is 1. The molecule has 0 aromatic heterocycles. The predicted octanol–water partition coefficient (Wildman–Crippen LogP) is 1.86. The maximum atomic E-state index is 11.7. The lowest BCUT2D eigenvalue weighted by atomic mass is 10.1. The Morgan fingerprint density at radius 2 is 1.84 bits per heavy atom. The van der Waals surface area contributed by atoms with E-state index in [1.165, 1.54) is 0 Å². The Kier molecular flexibility index (Phi) is 5.83. The summed E-state index contributed by atoms with van der Waals surface area (Å²) in [7, 11) is 1.77. The normalized spacial score (nSPS) is 12.3. The van der Waals surface area contributed by atoms with E-state index in [1.54, 1.807) is 18.9 Å². The molecule has 1 aromatic rings. The van der Waals surface area contributed by atoms with E-state index in [4.69, 9.17) is 4.74 Å². The highest BCUT2D eigenvalue weighted by Gasteiger charge is 2.12. The molecule has 106 valence electrons. The zero-order valence-corrected chi connectivity index (χ0v) is 12.1. The van der Waals surface area contributed by atoms with E-state index < -0.39 is 0 Å². The summed E-state index contributed by atoms with van der Waals surface area (Å²) in [6.07, 6.45) is 0.267. The van der Waals surface area contributed by atoms with Gasteiger partial charge in [-0.05, 0) is 44.9 Å². The molecule has 19 heavy (non-hydrogen) atoms. The molecular formula is C15H23NO3. The van der Waals surface area contributed by atoms with Crippen molar-refractivity contribution < 1.29 is 14.6 Å². The van der Waals surface area contributed by atoms with Crippen LogP contribution in [0.2, 0.25) is 0 Å². The van der Waals surface area contributed by atoms with E-state index in [1.807, 2.05) is 38.1 Å². The van der Waals surface area contributed by atoms with Crippen LogP contribution in [0.1, 0.15) is 26.3 Å². The van der Waals surface area contributed by atoms with Crippen molar-refractivity contribution in [3.8, 4) is 5.75 Å². The van der Waals surface area contributed by atoms with Crippen LogP contribution in [0.3, 0.4) is 0 Å². The molecule has 1 amide bonds. The number of carbonyl (C=O) groups is 1. The molecule has 0 fully saturated rings. The van der Waals surface area contributed by atoms with Gasteiger partial charge in [-0.2, -0.15) is 0 Å². The first kappa shape index (κ1) is 15.5. The van der Waals surface area contributed by atoms with Crippen LogP contribution in [0.25, 0.3) is 0 Å². The van der Waals surface area contributed by atoms with Gasteiger partial charge in [-0.15, -0.1) is 0 Å².